The van der Waals surface area contributed by atoms with Crippen molar-refractivity contribution >= 4 is 14.6 Å². The maximum absolute atomic E-state index is 10.1. The molecule has 5 nitrogen and oxygen atoms in total. The Balaban J connectivity index is -0.000000149. The van der Waals surface area contributed by atoms with E-state index in [1.807, 2.05) is 0 Å². The average molecular weight is 206 g/mol. The zero-order valence-corrected chi connectivity index (χ0v) is 7.84. The van der Waals surface area contributed by atoms with Crippen molar-refractivity contribution in [1.29, 1.82) is 0 Å². The Morgan fingerprint density at radius 1 is 1.30 bits per heavy atom. The fourth-order valence-electron chi connectivity index (χ4n) is 0.0745. The standard InChI is InChI=1S/C2H7O4P.CHO.V/c1-5-7(3,4)6-2;1-2;/h1-2H3,(H,3,4);1H;/q;-1;. The van der Waals surface area contributed by atoms with E-state index in [0.29, 0.717) is 0 Å². The Morgan fingerprint density at radius 3 is 1.50 bits per heavy atom. The van der Waals surface area contributed by atoms with E-state index in [2.05, 4.69) is 15.8 Å². The molecule has 0 atom stereocenters. The second kappa shape index (κ2) is 9.36. The molecular weight excluding hydrogens is 198 g/mol. The van der Waals surface area contributed by atoms with Crippen molar-refractivity contribution in [2.75, 3.05) is 14.2 Å². The molecule has 0 heterocycles. The molecule has 0 aromatic heterocycles. The van der Waals surface area contributed by atoms with Crippen LogP contribution in [0.3, 0.4) is 0 Å². The van der Waals surface area contributed by atoms with Crippen molar-refractivity contribution in [3.8, 4) is 0 Å². The fraction of sp³-hybridized carbons (Fsp3) is 0.667. The first-order valence-corrected chi connectivity index (χ1v) is 3.30. The molecule has 0 rings (SSSR count). The molecule has 0 saturated heterocycles. The summed E-state index contributed by atoms with van der Waals surface area (Å²) in [4.78, 5) is 16.0. The maximum atomic E-state index is 10.1. The molecule has 1 radical (unpaired) electrons. The van der Waals surface area contributed by atoms with Gasteiger partial charge in [0.15, 0.2) is 0 Å². The Morgan fingerprint density at radius 2 is 1.50 bits per heavy atom. The molecule has 0 aliphatic heterocycles. The van der Waals surface area contributed by atoms with Crippen LogP contribution in [-0.2, 0) is 37.0 Å². The van der Waals surface area contributed by atoms with Crippen LogP contribution in [0.4, 0.5) is 0 Å². The van der Waals surface area contributed by atoms with Gasteiger partial charge in [-0.3, -0.25) is 15.8 Å². The van der Waals surface area contributed by atoms with Crippen LogP contribution in [-0.4, -0.2) is 25.9 Å². The van der Waals surface area contributed by atoms with Gasteiger partial charge in [-0.2, -0.15) is 0 Å². The van der Waals surface area contributed by atoms with E-state index >= 15 is 0 Å². The SMILES string of the molecule is COP(=O)(O)OC.[CH-]=O.[V]. The molecule has 0 aromatic rings. The molecule has 0 saturated carbocycles. The predicted octanol–water partition coefficient (Wildman–Crippen LogP) is 0.103. The molecular formula is C3H8O5PV-. The molecule has 0 aliphatic rings. The summed E-state index contributed by atoms with van der Waals surface area (Å²) in [5, 5.41) is 0. The zero-order chi connectivity index (χ0) is 7.91. The molecule has 0 aliphatic carbocycles. The van der Waals surface area contributed by atoms with Crippen molar-refractivity contribution in [1.82, 2.24) is 0 Å². The van der Waals surface area contributed by atoms with Crippen LogP contribution < -0.4 is 0 Å². The largest absolute Gasteiger partial charge is 0.545 e. The average Bonchev–Trinajstić information content (AvgIpc) is 1.93. The van der Waals surface area contributed by atoms with Gasteiger partial charge in [0.1, 0.15) is 0 Å². The van der Waals surface area contributed by atoms with Crippen LogP contribution in [0.25, 0.3) is 0 Å². The van der Waals surface area contributed by atoms with E-state index in [4.69, 9.17) is 9.69 Å². The Labute approximate surface area is 71.2 Å². The Hall–Kier alpha value is 0.364. The van der Waals surface area contributed by atoms with E-state index in [-0.39, 0.29) is 18.6 Å². The van der Waals surface area contributed by atoms with Crippen LogP contribution in [0.5, 0.6) is 0 Å². The quantitative estimate of drug-likeness (QED) is 0.394. The predicted molar refractivity (Wildman–Crippen MR) is 30.6 cm³/mol. The monoisotopic (exact) mass is 206 g/mol. The van der Waals surface area contributed by atoms with Crippen molar-refractivity contribution < 1.29 is 41.9 Å². The topological polar surface area (TPSA) is 72.8 Å². The smallest absolute Gasteiger partial charge is 0.471 e. The third-order valence-electron chi connectivity index (χ3n) is 0.461. The summed E-state index contributed by atoms with van der Waals surface area (Å²) in [6.45, 7) is 3.25. The maximum Gasteiger partial charge on any atom is 0.471 e. The second-order valence-electron chi connectivity index (χ2n) is 0.834. The second-order valence-corrected chi connectivity index (χ2v) is 2.50. The van der Waals surface area contributed by atoms with Gasteiger partial charge in [-0.05, 0) is 0 Å². The molecule has 0 amide bonds. The van der Waals surface area contributed by atoms with Gasteiger partial charge in [-0.15, -0.1) is 0 Å². The zero-order valence-electron chi connectivity index (χ0n) is 5.55. The fourth-order valence-corrected chi connectivity index (χ4v) is 0.224. The first-order chi connectivity index (χ1) is 4.12. The number of phosphoric acid groups is 1. The van der Waals surface area contributed by atoms with Crippen molar-refractivity contribution in [2.24, 2.45) is 0 Å². The molecule has 1 N–H and O–H groups in total. The van der Waals surface area contributed by atoms with Gasteiger partial charge >= 0.3 is 7.82 Å². The van der Waals surface area contributed by atoms with Crippen molar-refractivity contribution in [3.05, 3.63) is 0 Å². The molecule has 0 unspecified atom stereocenters. The van der Waals surface area contributed by atoms with Crippen LogP contribution in [0.1, 0.15) is 0 Å². The van der Waals surface area contributed by atoms with Gasteiger partial charge in [-0.25, -0.2) is 4.57 Å². The van der Waals surface area contributed by atoms with Crippen molar-refractivity contribution in [2.45, 2.75) is 0 Å². The minimum absolute atomic E-state index is 0. The van der Waals surface area contributed by atoms with Gasteiger partial charge in [-0.1, -0.05) is 0 Å². The minimum Gasteiger partial charge on any atom is -0.545 e. The van der Waals surface area contributed by atoms with E-state index in [0.717, 1.165) is 14.2 Å². The van der Waals surface area contributed by atoms with Crippen molar-refractivity contribution in [3.63, 3.8) is 0 Å². The van der Waals surface area contributed by atoms with Crippen LogP contribution in [0.15, 0.2) is 0 Å². The van der Waals surface area contributed by atoms with Crippen LogP contribution in [0, 0.1) is 0 Å². The number of hydrogen-bond donors (Lipinski definition) is 1. The van der Waals surface area contributed by atoms with Gasteiger partial charge in [0.05, 0.1) is 0 Å². The first-order valence-electron chi connectivity index (χ1n) is 1.80. The van der Waals surface area contributed by atoms with Gasteiger partial charge in [0.2, 0.25) is 0 Å². The molecule has 10 heavy (non-hydrogen) atoms. The third-order valence-corrected chi connectivity index (χ3v) is 1.38. The Kier molecular flexibility index (Phi) is 15.7. The van der Waals surface area contributed by atoms with Crippen LogP contribution in [0.2, 0.25) is 0 Å². The summed E-state index contributed by atoms with van der Waals surface area (Å²) in [6.07, 6.45) is 0. The molecule has 7 heteroatoms. The van der Waals surface area contributed by atoms with Crippen LogP contribution >= 0.6 is 7.82 Å². The van der Waals surface area contributed by atoms with Gasteiger partial charge in [0.25, 0.3) is 0 Å². The number of phosphoric ester groups is 1. The molecule has 0 spiro atoms. The van der Waals surface area contributed by atoms with E-state index in [1.165, 1.54) is 0 Å². The number of rotatable bonds is 2. The van der Waals surface area contributed by atoms with E-state index in [9.17, 15) is 4.57 Å². The summed E-state index contributed by atoms with van der Waals surface area (Å²) < 4.78 is 18.0. The van der Waals surface area contributed by atoms with E-state index < -0.39 is 7.82 Å². The summed E-state index contributed by atoms with van der Waals surface area (Å²) in [5.74, 6) is 0. The first kappa shape index (κ1) is 16.8. The summed E-state index contributed by atoms with van der Waals surface area (Å²) in [5.41, 5.74) is 0. The molecule has 0 aromatic carbocycles. The summed E-state index contributed by atoms with van der Waals surface area (Å²) in [7, 11) is -1.45. The summed E-state index contributed by atoms with van der Waals surface area (Å²) >= 11 is 0. The summed E-state index contributed by atoms with van der Waals surface area (Å²) in [6, 6.07) is 0. The molecule has 0 bridgehead atoms. The number of hydrogen-bond acceptors (Lipinski definition) is 4. The minimum atomic E-state index is -3.65. The normalized spacial score (nSPS) is 8.70. The number of carbonyl (C=O) groups excluding carboxylic acids is 1. The van der Waals surface area contributed by atoms with E-state index in [1.54, 1.807) is 0 Å². The third kappa shape index (κ3) is 11.2. The molecule has 61 valence electrons. The molecule has 0 fully saturated rings. The van der Waals surface area contributed by atoms with Gasteiger partial charge in [0, 0.05) is 32.8 Å². The van der Waals surface area contributed by atoms with Gasteiger partial charge < -0.3 is 9.69 Å². The Bertz CT molecular complexity index is 99.1.